The van der Waals surface area contributed by atoms with Crippen LogP contribution in [-0.4, -0.2) is 0 Å². The lowest BCUT2D eigenvalue weighted by molar-refractivity contribution is 0.591. The Morgan fingerprint density at radius 2 is 0.708 bits per heavy atom. The van der Waals surface area contributed by atoms with E-state index in [9.17, 15) is 0 Å². The molecule has 0 fully saturated rings. The van der Waals surface area contributed by atoms with Crippen LogP contribution in [0.3, 0.4) is 0 Å². The molecule has 0 radical (unpaired) electrons. The van der Waals surface area contributed by atoms with Gasteiger partial charge in [-0.2, -0.15) is 0 Å². The van der Waals surface area contributed by atoms with Crippen LogP contribution in [0.5, 0.6) is 0 Å². The standard InChI is InChI=1S/C44H36N2.C2H6/c1-44(2,3)33-28-31-24-26-38-40(45(34-16-8-4-9-17-34)35-18-10-5-11-19-35)30-41(39-27-25-32(29-33)42(31)43(38)39)46(36-20-12-6-13-21-36)37-22-14-7-15-23-37;1-2/h4-30H,1-3H3;1-2H3. The monoisotopic (exact) mass is 622 g/mol. The molecule has 0 atom stereocenters. The quantitative estimate of drug-likeness (QED) is 0.170. The molecule has 8 rings (SSSR count). The maximum absolute atomic E-state index is 2.41. The van der Waals surface area contributed by atoms with Crippen molar-refractivity contribution < 1.29 is 0 Å². The van der Waals surface area contributed by atoms with Gasteiger partial charge in [-0.3, -0.25) is 0 Å². The Morgan fingerprint density at radius 1 is 0.375 bits per heavy atom. The summed E-state index contributed by atoms with van der Waals surface area (Å²) in [4.78, 5) is 4.81. The van der Waals surface area contributed by atoms with Crippen molar-refractivity contribution in [2.24, 2.45) is 0 Å². The molecule has 0 aromatic heterocycles. The van der Waals surface area contributed by atoms with Crippen LogP contribution < -0.4 is 9.80 Å². The summed E-state index contributed by atoms with van der Waals surface area (Å²) < 4.78 is 0. The average Bonchev–Trinajstić information content (AvgIpc) is 3.13. The van der Waals surface area contributed by atoms with Crippen molar-refractivity contribution in [1.29, 1.82) is 0 Å². The zero-order chi connectivity index (χ0) is 33.3. The lowest BCUT2D eigenvalue weighted by Gasteiger charge is -2.32. The molecule has 2 heteroatoms. The van der Waals surface area contributed by atoms with Crippen LogP contribution >= 0.6 is 0 Å². The summed E-state index contributed by atoms with van der Waals surface area (Å²) >= 11 is 0. The number of nitrogens with zero attached hydrogens (tertiary/aromatic N) is 2. The van der Waals surface area contributed by atoms with E-state index < -0.39 is 0 Å². The molecule has 236 valence electrons. The maximum Gasteiger partial charge on any atom is 0.0561 e. The molecule has 0 amide bonds. The molecule has 0 heterocycles. The van der Waals surface area contributed by atoms with Crippen molar-refractivity contribution in [2.75, 3.05) is 9.80 Å². The summed E-state index contributed by atoms with van der Waals surface area (Å²) in [6.07, 6.45) is 0. The Morgan fingerprint density at radius 3 is 1.02 bits per heavy atom. The minimum absolute atomic E-state index is 0.0512. The molecule has 8 aromatic carbocycles. The van der Waals surface area contributed by atoms with E-state index >= 15 is 0 Å². The van der Waals surface area contributed by atoms with E-state index in [0.29, 0.717) is 0 Å². The van der Waals surface area contributed by atoms with Gasteiger partial charge >= 0.3 is 0 Å². The van der Waals surface area contributed by atoms with E-state index in [1.54, 1.807) is 0 Å². The Kier molecular flexibility index (Phi) is 8.33. The number of hydrogen-bond donors (Lipinski definition) is 0. The van der Waals surface area contributed by atoms with Gasteiger partial charge in [0.2, 0.25) is 0 Å². The first-order valence-corrected chi connectivity index (χ1v) is 17.0. The number of rotatable bonds is 6. The van der Waals surface area contributed by atoms with E-state index in [-0.39, 0.29) is 5.41 Å². The lowest BCUT2D eigenvalue weighted by Crippen LogP contribution is -2.14. The summed E-state index contributed by atoms with van der Waals surface area (Å²) in [6, 6.07) is 59.4. The van der Waals surface area contributed by atoms with Crippen molar-refractivity contribution in [2.45, 2.75) is 40.0 Å². The predicted octanol–water partition coefficient (Wildman–Crippen LogP) is 13.8. The highest BCUT2D eigenvalue weighted by molar-refractivity contribution is 6.29. The summed E-state index contributed by atoms with van der Waals surface area (Å²) in [5.74, 6) is 0. The van der Waals surface area contributed by atoms with Crippen LogP contribution in [0.4, 0.5) is 34.1 Å². The van der Waals surface area contributed by atoms with Gasteiger partial charge < -0.3 is 9.80 Å². The summed E-state index contributed by atoms with van der Waals surface area (Å²) in [5, 5.41) is 7.62. The molecule has 48 heavy (non-hydrogen) atoms. The molecule has 0 N–H and O–H groups in total. The molecular formula is C46H42N2. The third kappa shape index (κ3) is 5.54. The molecule has 0 spiro atoms. The van der Waals surface area contributed by atoms with Crippen molar-refractivity contribution in [3.05, 3.63) is 169 Å². The fourth-order valence-electron chi connectivity index (χ4n) is 6.84. The smallest absolute Gasteiger partial charge is 0.0561 e. The van der Waals surface area contributed by atoms with Gasteiger partial charge in [-0.05, 0) is 81.7 Å². The minimum atomic E-state index is 0.0512. The Balaban J connectivity index is 0.00000179. The average molecular weight is 623 g/mol. The Labute approximate surface area is 284 Å². The number of benzene rings is 8. The van der Waals surface area contributed by atoms with Gasteiger partial charge in [0.25, 0.3) is 0 Å². The SMILES string of the molecule is CC.CC(C)(C)c1cc2ccc3c(N(c4ccccc4)c4ccccc4)cc(N(c4ccccc4)c4ccccc4)c4ccc(c1)c2c34. The second-order valence-electron chi connectivity index (χ2n) is 13.1. The first-order valence-electron chi connectivity index (χ1n) is 17.0. The topological polar surface area (TPSA) is 6.48 Å². The summed E-state index contributed by atoms with van der Waals surface area (Å²) in [7, 11) is 0. The highest BCUT2D eigenvalue weighted by Gasteiger charge is 2.25. The van der Waals surface area contributed by atoms with E-state index in [1.807, 2.05) is 13.8 Å². The van der Waals surface area contributed by atoms with E-state index in [4.69, 9.17) is 0 Å². The van der Waals surface area contributed by atoms with E-state index in [2.05, 4.69) is 194 Å². The van der Waals surface area contributed by atoms with Crippen molar-refractivity contribution >= 4 is 66.4 Å². The molecular weight excluding hydrogens is 581 g/mol. The maximum atomic E-state index is 2.41. The predicted molar refractivity (Wildman–Crippen MR) is 210 cm³/mol. The number of anilines is 6. The second kappa shape index (κ2) is 12.9. The van der Waals surface area contributed by atoms with E-state index in [0.717, 1.165) is 34.1 Å². The van der Waals surface area contributed by atoms with Gasteiger partial charge in [0, 0.05) is 38.9 Å². The van der Waals surface area contributed by atoms with Crippen LogP contribution in [0.1, 0.15) is 40.2 Å². The van der Waals surface area contributed by atoms with Crippen LogP contribution in [0, 0.1) is 0 Å². The highest BCUT2D eigenvalue weighted by atomic mass is 15.2. The van der Waals surface area contributed by atoms with Gasteiger partial charge in [0.05, 0.1) is 11.4 Å². The summed E-state index contributed by atoms with van der Waals surface area (Å²) in [6.45, 7) is 10.9. The van der Waals surface area contributed by atoms with Gasteiger partial charge in [-0.15, -0.1) is 0 Å². The van der Waals surface area contributed by atoms with Crippen molar-refractivity contribution in [3.8, 4) is 0 Å². The molecule has 8 aromatic rings. The zero-order valence-corrected chi connectivity index (χ0v) is 28.5. The zero-order valence-electron chi connectivity index (χ0n) is 28.5. The van der Waals surface area contributed by atoms with E-state index in [1.165, 1.54) is 37.9 Å². The molecule has 0 aliphatic rings. The van der Waals surface area contributed by atoms with Crippen LogP contribution in [0.2, 0.25) is 0 Å². The van der Waals surface area contributed by atoms with Gasteiger partial charge in [0.1, 0.15) is 0 Å². The van der Waals surface area contributed by atoms with Gasteiger partial charge in [0.15, 0.2) is 0 Å². The second-order valence-corrected chi connectivity index (χ2v) is 13.1. The highest BCUT2D eigenvalue weighted by Crippen LogP contribution is 2.50. The largest absolute Gasteiger partial charge is 0.310 e. The molecule has 2 nitrogen and oxygen atoms in total. The Hall–Kier alpha value is -5.60. The lowest BCUT2D eigenvalue weighted by atomic mass is 9.83. The Bertz CT molecular complexity index is 2040. The number of para-hydroxylation sites is 4. The first kappa shape index (κ1) is 31.0. The molecule has 0 saturated carbocycles. The van der Waals surface area contributed by atoms with Gasteiger partial charge in [-0.25, -0.2) is 0 Å². The first-order chi connectivity index (χ1) is 23.5. The van der Waals surface area contributed by atoms with Crippen molar-refractivity contribution in [3.63, 3.8) is 0 Å². The van der Waals surface area contributed by atoms with Gasteiger partial charge in [-0.1, -0.05) is 144 Å². The number of hydrogen-bond acceptors (Lipinski definition) is 2. The van der Waals surface area contributed by atoms with Crippen LogP contribution in [0.15, 0.2) is 164 Å². The molecule has 0 bridgehead atoms. The molecule has 0 unspecified atom stereocenters. The summed E-state index contributed by atoms with van der Waals surface area (Å²) in [5.41, 5.74) is 8.18. The normalized spacial score (nSPS) is 11.4. The molecule has 0 aliphatic carbocycles. The fourth-order valence-corrected chi connectivity index (χ4v) is 6.84. The van der Waals surface area contributed by atoms with Crippen LogP contribution in [0.25, 0.3) is 32.3 Å². The molecule has 0 saturated heterocycles. The molecule has 0 aliphatic heterocycles. The fraction of sp³-hybridized carbons (Fsp3) is 0.130. The third-order valence-corrected chi connectivity index (χ3v) is 9.08. The third-order valence-electron chi connectivity index (χ3n) is 9.08. The minimum Gasteiger partial charge on any atom is -0.310 e. The van der Waals surface area contributed by atoms with Crippen LogP contribution in [-0.2, 0) is 5.41 Å². The van der Waals surface area contributed by atoms with Crippen molar-refractivity contribution in [1.82, 2.24) is 0 Å².